The molecule has 0 radical (unpaired) electrons. The highest BCUT2D eigenvalue weighted by molar-refractivity contribution is 7.92. The molecule has 7 nitrogen and oxygen atoms in total. The number of hydrogen-bond donors (Lipinski definition) is 1. The zero-order valence-corrected chi connectivity index (χ0v) is 16.7. The first-order valence-electron chi connectivity index (χ1n) is 8.31. The highest BCUT2D eigenvalue weighted by Gasteiger charge is 2.23. The number of sulfonamides is 1. The van der Waals surface area contributed by atoms with Gasteiger partial charge in [0, 0.05) is 24.7 Å². The summed E-state index contributed by atoms with van der Waals surface area (Å²) in [5, 5.41) is 2.78. The molecule has 0 aliphatic rings. The van der Waals surface area contributed by atoms with Gasteiger partial charge in [-0.05, 0) is 36.8 Å². The van der Waals surface area contributed by atoms with E-state index < -0.39 is 10.0 Å². The molecule has 1 amide bonds. The Morgan fingerprint density at radius 3 is 2.44 bits per heavy atom. The molecule has 0 unspecified atom stereocenters. The van der Waals surface area contributed by atoms with Crippen LogP contribution in [0.3, 0.4) is 0 Å². The van der Waals surface area contributed by atoms with Crippen molar-refractivity contribution in [1.82, 2.24) is 0 Å². The third-order valence-electron chi connectivity index (χ3n) is 3.90. The van der Waals surface area contributed by atoms with Gasteiger partial charge in [0.25, 0.3) is 0 Å². The van der Waals surface area contributed by atoms with Crippen molar-refractivity contribution in [3.63, 3.8) is 0 Å². The highest BCUT2D eigenvalue weighted by Crippen LogP contribution is 2.33. The summed E-state index contributed by atoms with van der Waals surface area (Å²) in [6.45, 7) is 1.90. The number of benzene rings is 2. The summed E-state index contributed by atoms with van der Waals surface area (Å²) in [4.78, 5) is 12.3. The van der Waals surface area contributed by atoms with Crippen LogP contribution in [-0.4, -0.2) is 41.3 Å². The summed E-state index contributed by atoms with van der Waals surface area (Å²) in [7, 11) is -0.687. The maximum atomic E-state index is 12.3. The molecule has 0 saturated carbocycles. The summed E-state index contributed by atoms with van der Waals surface area (Å²) >= 11 is 0. The smallest absolute Gasteiger partial charge is 0.232 e. The Hall–Kier alpha value is -2.74. The minimum Gasteiger partial charge on any atom is -0.497 e. The fraction of sp³-hybridized carbons (Fsp3) is 0.316. The number of hydrogen-bond acceptors (Lipinski definition) is 5. The number of amides is 1. The number of ether oxygens (including phenoxy) is 2. The predicted octanol–water partition coefficient (Wildman–Crippen LogP) is 2.81. The van der Waals surface area contributed by atoms with Crippen molar-refractivity contribution in [2.45, 2.75) is 13.3 Å². The zero-order valence-electron chi connectivity index (χ0n) is 15.9. The van der Waals surface area contributed by atoms with Crippen LogP contribution >= 0.6 is 0 Å². The molecule has 0 bridgehead atoms. The van der Waals surface area contributed by atoms with E-state index in [9.17, 15) is 13.2 Å². The van der Waals surface area contributed by atoms with E-state index in [2.05, 4.69) is 5.32 Å². The van der Waals surface area contributed by atoms with Crippen LogP contribution in [0.5, 0.6) is 11.5 Å². The van der Waals surface area contributed by atoms with Gasteiger partial charge in [-0.1, -0.05) is 12.1 Å². The largest absolute Gasteiger partial charge is 0.497 e. The van der Waals surface area contributed by atoms with Gasteiger partial charge < -0.3 is 14.8 Å². The molecule has 27 heavy (non-hydrogen) atoms. The lowest BCUT2D eigenvalue weighted by molar-refractivity contribution is -0.116. The minimum absolute atomic E-state index is 0.0125. The predicted molar refractivity (Wildman–Crippen MR) is 106 cm³/mol. The molecule has 0 fully saturated rings. The monoisotopic (exact) mass is 392 g/mol. The Bertz CT molecular complexity index is 912. The number of rotatable bonds is 8. The van der Waals surface area contributed by atoms with Gasteiger partial charge in [-0.25, -0.2) is 8.42 Å². The van der Waals surface area contributed by atoms with Crippen LogP contribution in [0.1, 0.15) is 12.0 Å². The van der Waals surface area contributed by atoms with Crippen molar-refractivity contribution in [2.75, 3.05) is 36.6 Å². The van der Waals surface area contributed by atoms with E-state index in [1.807, 2.05) is 25.1 Å². The van der Waals surface area contributed by atoms with Crippen LogP contribution in [0.2, 0.25) is 0 Å². The van der Waals surface area contributed by atoms with Crippen LogP contribution in [0, 0.1) is 6.92 Å². The standard InChI is InChI=1S/C19H24N2O5S/c1-14-6-5-7-15(12-14)20-19(22)10-11-21(27(4,23)24)17-13-16(25-2)8-9-18(17)26-3/h5-9,12-13H,10-11H2,1-4H3,(H,20,22). The van der Waals surface area contributed by atoms with Crippen molar-refractivity contribution >= 4 is 27.3 Å². The van der Waals surface area contributed by atoms with E-state index in [0.29, 0.717) is 22.9 Å². The Morgan fingerprint density at radius 2 is 1.85 bits per heavy atom. The number of carbonyl (C=O) groups is 1. The zero-order chi connectivity index (χ0) is 20.0. The van der Waals surface area contributed by atoms with Crippen molar-refractivity contribution < 1.29 is 22.7 Å². The topological polar surface area (TPSA) is 84.9 Å². The molecule has 0 aliphatic carbocycles. The van der Waals surface area contributed by atoms with E-state index in [1.165, 1.54) is 14.2 Å². The first-order chi connectivity index (χ1) is 12.7. The molecular weight excluding hydrogens is 368 g/mol. The van der Waals surface area contributed by atoms with E-state index in [1.54, 1.807) is 24.3 Å². The number of methoxy groups -OCH3 is 2. The maximum absolute atomic E-state index is 12.3. The van der Waals surface area contributed by atoms with Crippen molar-refractivity contribution in [2.24, 2.45) is 0 Å². The normalized spacial score (nSPS) is 11.0. The number of anilines is 2. The second-order valence-electron chi connectivity index (χ2n) is 6.04. The van der Waals surface area contributed by atoms with Crippen LogP contribution in [-0.2, 0) is 14.8 Å². The van der Waals surface area contributed by atoms with Gasteiger partial charge in [0.2, 0.25) is 15.9 Å². The molecule has 0 aliphatic heterocycles. The molecule has 0 saturated heterocycles. The summed E-state index contributed by atoms with van der Waals surface area (Å²) in [5.41, 5.74) is 2.01. The Labute approximate surface area is 160 Å². The lowest BCUT2D eigenvalue weighted by Crippen LogP contribution is -2.33. The van der Waals surface area contributed by atoms with Crippen LogP contribution < -0.4 is 19.1 Å². The van der Waals surface area contributed by atoms with Gasteiger partial charge in [0.1, 0.15) is 11.5 Å². The van der Waals surface area contributed by atoms with Crippen LogP contribution in [0.15, 0.2) is 42.5 Å². The van der Waals surface area contributed by atoms with Gasteiger partial charge in [-0.2, -0.15) is 0 Å². The van der Waals surface area contributed by atoms with Gasteiger partial charge in [0.15, 0.2) is 0 Å². The van der Waals surface area contributed by atoms with Gasteiger partial charge >= 0.3 is 0 Å². The molecule has 2 rings (SSSR count). The van der Waals surface area contributed by atoms with Crippen molar-refractivity contribution in [1.29, 1.82) is 0 Å². The Kier molecular flexibility index (Phi) is 6.68. The number of nitrogens with one attached hydrogen (secondary N) is 1. The number of nitrogens with zero attached hydrogens (tertiary/aromatic N) is 1. The van der Waals surface area contributed by atoms with Gasteiger partial charge in [-0.3, -0.25) is 9.10 Å². The molecule has 0 atom stereocenters. The molecule has 8 heteroatoms. The van der Waals surface area contributed by atoms with Gasteiger partial charge in [0.05, 0.1) is 26.2 Å². The summed E-state index contributed by atoms with van der Waals surface area (Å²) in [6.07, 6.45) is 1.08. The molecule has 146 valence electrons. The fourth-order valence-electron chi connectivity index (χ4n) is 2.61. The highest BCUT2D eigenvalue weighted by atomic mass is 32.2. The molecular formula is C19H24N2O5S. The molecule has 1 N–H and O–H groups in total. The first kappa shape index (κ1) is 20.6. The molecule has 0 spiro atoms. The van der Waals surface area contributed by atoms with Gasteiger partial charge in [-0.15, -0.1) is 0 Å². The quantitative estimate of drug-likeness (QED) is 0.747. The number of carbonyl (C=O) groups excluding carboxylic acids is 1. The summed E-state index contributed by atoms with van der Waals surface area (Å²) < 4.78 is 36.2. The molecule has 2 aromatic carbocycles. The van der Waals surface area contributed by atoms with Crippen molar-refractivity contribution in [3.05, 3.63) is 48.0 Å². The summed E-state index contributed by atoms with van der Waals surface area (Å²) in [6, 6.07) is 12.3. The summed E-state index contributed by atoms with van der Waals surface area (Å²) in [5.74, 6) is 0.583. The van der Waals surface area contributed by atoms with Crippen LogP contribution in [0.4, 0.5) is 11.4 Å². The second kappa shape index (κ2) is 8.77. The fourth-order valence-corrected chi connectivity index (χ4v) is 3.53. The Balaban J connectivity index is 2.20. The van der Waals surface area contributed by atoms with E-state index in [0.717, 1.165) is 16.1 Å². The van der Waals surface area contributed by atoms with Crippen molar-refractivity contribution in [3.8, 4) is 11.5 Å². The number of aryl methyl sites for hydroxylation is 1. The second-order valence-corrected chi connectivity index (χ2v) is 7.95. The van der Waals surface area contributed by atoms with E-state index in [-0.39, 0.29) is 18.9 Å². The lowest BCUT2D eigenvalue weighted by Gasteiger charge is -2.24. The average Bonchev–Trinajstić information content (AvgIpc) is 2.60. The minimum atomic E-state index is -3.63. The SMILES string of the molecule is COc1ccc(OC)c(N(CCC(=O)Nc2cccc(C)c2)S(C)(=O)=O)c1. The van der Waals surface area contributed by atoms with Crippen LogP contribution in [0.25, 0.3) is 0 Å². The third-order valence-corrected chi connectivity index (χ3v) is 5.08. The Morgan fingerprint density at radius 1 is 1.11 bits per heavy atom. The first-order valence-corrected chi connectivity index (χ1v) is 10.2. The molecule has 2 aromatic rings. The average molecular weight is 392 g/mol. The lowest BCUT2D eigenvalue weighted by atomic mass is 10.2. The molecule has 0 aromatic heterocycles. The maximum Gasteiger partial charge on any atom is 0.232 e. The molecule has 0 heterocycles. The van der Waals surface area contributed by atoms with E-state index in [4.69, 9.17) is 9.47 Å². The third kappa shape index (κ3) is 5.62. The van der Waals surface area contributed by atoms with E-state index >= 15 is 0 Å².